The maximum Gasteiger partial charge on any atom is 0.253 e. The summed E-state index contributed by atoms with van der Waals surface area (Å²) in [7, 11) is 0. The fourth-order valence-corrected chi connectivity index (χ4v) is 4.76. The second kappa shape index (κ2) is 7.06. The van der Waals surface area contributed by atoms with Gasteiger partial charge in [0, 0.05) is 18.7 Å². The maximum atomic E-state index is 13.1. The molecule has 2 saturated heterocycles. The predicted octanol–water partition coefficient (Wildman–Crippen LogP) is 5.01. The van der Waals surface area contributed by atoms with Crippen molar-refractivity contribution in [2.45, 2.75) is 31.3 Å². The molecular formula is C25H25NO2. The minimum Gasteiger partial charge on any atom is -0.365 e. The molecule has 1 amide bonds. The van der Waals surface area contributed by atoms with Gasteiger partial charge in [0.05, 0.1) is 12.2 Å². The Labute approximate surface area is 166 Å². The highest BCUT2D eigenvalue weighted by molar-refractivity contribution is 5.95. The van der Waals surface area contributed by atoms with Crippen molar-refractivity contribution in [3.05, 3.63) is 83.5 Å². The second-order valence-electron chi connectivity index (χ2n) is 7.95. The molecule has 2 fully saturated rings. The lowest BCUT2D eigenvalue weighted by Crippen LogP contribution is -2.47. The van der Waals surface area contributed by atoms with E-state index >= 15 is 0 Å². The van der Waals surface area contributed by atoms with Crippen LogP contribution in [0, 0.1) is 0 Å². The molecule has 0 unspecified atom stereocenters. The summed E-state index contributed by atoms with van der Waals surface area (Å²) in [5, 5.41) is 0. The number of allylic oxidation sites excluding steroid dienone is 2. The maximum absolute atomic E-state index is 13.1. The van der Waals surface area contributed by atoms with E-state index in [2.05, 4.69) is 30.4 Å². The summed E-state index contributed by atoms with van der Waals surface area (Å²) < 4.78 is 6.26. The first kappa shape index (κ1) is 17.4. The van der Waals surface area contributed by atoms with Gasteiger partial charge in [-0.25, -0.2) is 0 Å². The molecule has 0 bridgehead atoms. The van der Waals surface area contributed by atoms with Crippen molar-refractivity contribution in [1.82, 2.24) is 4.90 Å². The summed E-state index contributed by atoms with van der Waals surface area (Å²) in [5.74, 6) is 0.124. The van der Waals surface area contributed by atoms with E-state index < -0.39 is 0 Å². The molecule has 0 radical (unpaired) electrons. The molecule has 142 valence electrons. The number of fused-ring (bicyclic) bond motifs is 2. The number of hydrogen-bond acceptors (Lipinski definition) is 2. The summed E-state index contributed by atoms with van der Waals surface area (Å²) in [4.78, 5) is 15.1. The van der Waals surface area contributed by atoms with Gasteiger partial charge in [-0.15, -0.1) is 0 Å². The monoisotopic (exact) mass is 371 g/mol. The quantitative estimate of drug-likeness (QED) is 0.743. The first-order chi connectivity index (χ1) is 13.8. The number of piperidine rings is 1. The molecule has 3 aliphatic rings. The number of hydrogen-bond donors (Lipinski definition) is 0. The molecular weight excluding hydrogens is 346 g/mol. The van der Waals surface area contributed by atoms with Gasteiger partial charge in [0.25, 0.3) is 5.91 Å². The van der Waals surface area contributed by atoms with Crippen molar-refractivity contribution < 1.29 is 9.53 Å². The lowest BCUT2D eigenvalue weighted by atomic mass is 9.80. The largest absolute Gasteiger partial charge is 0.365 e. The highest BCUT2D eigenvalue weighted by Gasteiger charge is 2.45. The van der Waals surface area contributed by atoms with Crippen LogP contribution < -0.4 is 0 Å². The van der Waals surface area contributed by atoms with Gasteiger partial charge in [0.1, 0.15) is 0 Å². The van der Waals surface area contributed by atoms with Gasteiger partial charge in [-0.05, 0) is 60.1 Å². The Balaban J connectivity index is 1.32. The van der Waals surface area contributed by atoms with Crippen molar-refractivity contribution in [3.63, 3.8) is 0 Å². The Morgan fingerprint density at radius 2 is 1.64 bits per heavy atom. The van der Waals surface area contributed by atoms with Crippen molar-refractivity contribution in [3.8, 4) is 11.1 Å². The Kier molecular flexibility index (Phi) is 4.40. The van der Waals surface area contributed by atoms with Gasteiger partial charge in [-0.2, -0.15) is 0 Å². The highest BCUT2D eigenvalue weighted by atomic mass is 16.5. The summed E-state index contributed by atoms with van der Waals surface area (Å²) in [6, 6.07) is 18.2. The molecule has 1 spiro atoms. The topological polar surface area (TPSA) is 29.5 Å². The van der Waals surface area contributed by atoms with Crippen LogP contribution in [0.15, 0.2) is 77.9 Å². The average Bonchev–Trinajstić information content (AvgIpc) is 3.13. The Morgan fingerprint density at radius 3 is 2.46 bits per heavy atom. The fourth-order valence-electron chi connectivity index (χ4n) is 4.76. The zero-order chi connectivity index (χ0) is 19.0. The van der Waals surface area contributed by atoms with Crippen LogP contribution in [0.3, 0.4) is 0 Å². The molecule has 28 heavy (non-hydrogen) atoms. The number of rotatable bonds is 2. The summed E-state index contributed by atoms with van der Waals surface area (Å²) >= 11 is 0. The van der Waals surface area contributed by atoms with Crippen LogP contribution in [0.1, 0.15) is 36.0 Å². The minimum atomic E-state index is -0.158. The highest BCUT2D eigenvalue weighted by Crippen LogP contribution is 2.44. The van der Waals surface area contributed by atoms with Crippen LogP contribution in [0.4, 0.5) is 0 Å². The molecule has 0 N–H and O–H groups in total. The summed E-state index contributed by atoms with van der Waals surface area (Å²) in [6.07, 6.45) is 8.71. The molecule has 2 heterocycles. The van der Waals surface area contributed by atoms with E-state index in [-0.39, 0.29) is 11.5 Å². The predicted molar refractivity (Wildman–Crippen MR) is 111 cm³/mol. The van der Waals surface area contributed by atoms with Gasteiger partial charge < -0.3 is 9.64 Å². The number of nitrogens with zero attached hydrogens (tertiary/aromatic N) is 1. The van der Waals surface area contributed by atoms with Crippen molar-refractivity contribution in [2.24, 2.45) is 0 Å². The van der Waals surface area contributed by atoms with Gasteiger partial charge >= 0.3 is 0 Å². The zero-order valence-corrected chi connectivity index (χ0v) is 16.1. The van der Waals surface area contributed by atoms with Gasteiger partial charge in [0.2, 0.25) is 0 Å². The van der Waals surface area contributed by atoms with Crippen molar-refractivity contribution >= 4 is 5.91 Å². The Morgan fingerprint density at radius 1 is 0.893 bits per heavy atom. The number of amides is 1. The molecule has 5 rings (SSSR count). The summed E-state index contributed by atoms with van der Waals surface area (Å²) in [5.41, 5.74) is 5.61. The first-order valence-electron chi connectivity index (χ1n) is 10.2. The number of carbonyl (C=O) groups excluding carboxylic acids is 1. The van der Waals surface area contributed by atoms with Gasteiger partial charge in [0.15, 0.2) is 0 Å². The van der Waals surface area contributed by atoms with Gasteiger partial charge in [-0.1, -0.05) is 54.6 Å². The number of ether oxygens (including phenoxy) is 1. The van der Waals surface area contributed by atoms with E-state index in [1.807, 2.05) is 41.3 Å². The first-order valence-corrected chi connectivity index (χ1v) is 10.2. The third-order valence-electron chi connectivity index (χ3n) is 6.32. The van der Waals surface area contributed by atoms with E-state index in [9.17, 15) is 4.79 Å². The Hall–Kier alpha value is -2.65. The standard InChI is InChI=1S/C25H25NO2/c27-24(21-11-6-10-20(17-21)19-7-2-1-3-8-19)26-15-13-25(14-16-26)23-12-5-4-9-22(23)18-28-25/h1-3,6-12,17H,4-5,13-16,18H2. The lowest BCUT2D eigenvalue weighted by molar-refractivity contribution is -0.0191. The molecule has 0 atom stereocenters. The van der Waals surface area contributed by atoms with Crippen LogP contribution in [-0.4, -0.2) is 36.1 Å². The summed E-state index contributed by atoms with van der Waals surface area (Å²) in [6.45, 7) is 2.23. The van der Waals surface area contributed by atoms with E-state index in [4.69, 9.17) is 4.74 Å². The van der Waals surface area contributed by atoms with Crippen LogP contribution in [0.5, 0.6) is 0 Å². The molecule has 2 aromatic rings. The molecule has 2 aromatic carbocycles. The SMILES string of the molecule is O=C(c1cccc(-c2ccccc2)c1)N1CCC2(CC1)OCC1=CCCC=C12. The van der Waals surface area contributed by atoms with E-state index in [0.717, 1.165) is 62.1 Å². The minimum absolute atomic E-state index is 0.124. The fraction of sp³-hybridized carbons (Fsp3) is 0.320. The van der Waals surface area contributed by atoms with E-state index in [1.165, 1.54) is 11.1 Å². The van der Waals surface area contributed by atoms with Crippen LogP contribution in [0.2, 0.25) is 0 Å². The third-order valence-corrected chi connectivity index (χ3v) is 6.32. The van der Waals surface area contributed by atoms with Gasteiger partial charge in [-0.3, -0.25) is 4.79 Å². The third kappa shape index (κ3) is 3.00. The number of benzene rings is 2. The smallest absolute Gasteiger partial charge is 0.253 e. The molecule has 3 heteroatoms. The molecule has 0 aromatic heterocycles. The van der Waals surface area contributed by atoms with Crippen molar-refractivity contribution in [2.75, 3.05) is 19.7 Å². The normalized spacial score (nSPS) is 20.5. The van der Waals surface area contributed by atoms with E-state index in [1.54, 1.807) is 0 Å². The lowest BCUT2D eigenvalue weighted by Gasteiger charge is -2.39. The second-order valence-corrected chi connectivity index (χ2v) is 7.95. The number of likely N-dealkylation sites (tertiary alicyclic amines) is 1. The molecule has 0 saturated carbocycles. The molecule has 2 aliphatic heterocycles. The Bertz CT molecular complexity index is 950. The van der Waals surface area contributed by atoms with Crippen molar-refractivity contribution in [1.29, 1.82) is 0 Å². The number of carbonyl (C=O) groups is 1. The van der Waals surface area contributed by atoms with Crippen LogP contribution >= 0.6 is 0 Å². The zero-order valence-electron chi connectivity index (χ0n) is 16.1. The van der Waals surface area contributed by atoms with Crippen LogP contribution in [-0.2, 0) is 4.74 Å². The van der Waals surface area contributed by atoms with Crippen LogP contribution in [0.25, 0.3) is 11.1 Å². The van der Waals surface area contributed by atoms with E-state index in [0.29, 0.717) is 0 Å². The average molecular weight is 371 g/mol. The molecule has 3 nitrogen and oxygen atoms in total. The molecule has 1 aliphatic carbocycles.